The summed E-state index contributed by atoms with van der Waals surface area (Å²) in [6, 6.07) is 4.35. The summed E-state index contributed by atoms with van der Waals surface area (Å²) in [5.41, 5.74) is 1.14. The Bertz CT molecular complexity index is 474. The van der Waals surface area contributed by atoms with Gasteiger partial charge in [0.15, 0.2) is 0 Å². The molecule has 1 aromatic rings. The van der Waals surface area contributed by atoms with Crippen LogP contribution in [0.4, 0.5) is 0 Å². The summed E-state index contributed by atoms with van der Waals surface area (Å²) in [5.74, 6) is 0.291. The van der Waals surface area contributed by atoms with Crippen LogP contribution in [-0.4, -0.2) is 66.1 Å². The van der Waals surface area contributed by atoms with Crippen LogP contribution in [0.3, 0.4) is 0 Å². The van der Waals surface area contributed by atoms with E-state index in [0.29, 0.717) is 18.4 Å². The molecule has 0 saturated carbocycles. The average Bonchev–Trinajstić information content (AvgIpc) is 3.03. The average molecular weight is 303 g/mol. The molecule has 2 fully saturated rings. The van der Waals surface area contributed by atoms with Crippen molar-refractivity contribution in [2.45, 2.75) is 31.7 Å². The number of hydrogen-bond acceptors (Lipinski definition) is 4. The van der Waals surface area contributed by atoms with Crippen LogP contribution in [0.5, 0.6) is 0 Å². The number of nitrogens with zero attached hydrogens (tertiary/aromatic N) is 3. The van der Waals surface area contributed by atoms with E-state index >= 15 is 0 Å². The maximum Gasteiger partial charge on any atom is 0.223 e. The maximum atomic E-state index is 12.5. The number of carbonyl (C=O) groups is 1. The second kappa shape index (κ2) is 7.70. The zero-order chi connectivity index (χ0) is 15.2. The van der Waals surface area contributed by atoms with Gasteiger partial charge >= 0.3 is 0 Å². The molecule has 2 saturated heterocycles. The van der Waals surface area contributed by atoms with Crippen LogP contribution in [0, 0.1) is 0 Å². The highest BCUT2D eigenvalue weighted by Crippen LogP contribution is 2.20. The second-order valence-electron chi connectivity index (χ2n) is 6.16. The van der Waals surface area contributed by atoms with Gasteiger partial charge in [-0.05, 0) is 30.9 Å². The molecule has 120 valence electrons. The zero-order valence-electron chi connectivity index (χ0n) is 13.1. The number of morpholine rings is 1. The lowest BCUT2D eigenvalue weighted by molar-refractivity contribution is -0.132. The van der Waals surface area contributed by atoms with Crippen LogP contribution in [0.1, 0.15) is 24.8 Å². The molecule has 0 radical (unpaired) electrons. The number of rotatable bonds is 5. The molecular formula is C17H25N3O2. The Morgan fingerprint density at radius 1 is 1.32 bits per heavy atom. The van der Waals surface area contributed by atoms with Crippen LogP contribution >= 0.6 is 0 Å². The van der Waals surface area contributed by atoms with Crippen molar-refractivity contribution in [3.8, 4) is 0 Å². The van der Waals surface area contributed by atoms with E-state index in [0.717, 1.165) is 64.2 Å². The molecule has 0 bridgehead atoms. The topological polar surface area (TPSA) is 45.7 Å². The Kier molecular flexibility index (Phi) is 5.40. The third-order valence-corrected chi connectivity index (χ3v) is 4.62. The van der Waals surface area contributed by atoms with E-state index in [1.807, 2.05) is 18.3 Å². The number of likely N-dealkylation sites (tertiary alicyclic amines) is 1. The largest absolute Gasteiger partial charge is 0.379 e. The van der Waals surface area contributed by atoms with E-state index in [1.165, 1.54) is 0 Å². The van der Waals surface area contributed by atoms with Crippen molar-refractivity contribution in [3.63, 3.8) is 0 Å². The van der Waals surface area contributed by atoms with Crippen molar-refractivity contribution in [1.82, 2.24) is 14.8 Å². The molecule has 0 aliphatic carbocycles. The smallest absolute Gasteiger partial charge is 0.223 e. The molecular weight excluding hydrogens is 278 g/mol. The van der Waals surface area contributed by atoms with Gasteiger partial charge in [0.1, 0.15) is 0 Å². The van der Waals surface area contributed by atoms with Gasteiger partial charge in [-0.1, -0.05) is 6.07 Å². The van der Waals surface area contributed by atoms with Crippen molar-refractivity contribution in [2.75, 3.05) is 39.4 Å². The lowest BCUT2D eigenvalue weighted by Crippen LogP contribution is -2.46. The van der Waals surface area contributed by atoms with E-state index in [9.17, 15) is 4.79 Å². The second-order valence-corrected chi connectivity index (χ2v) is 6.16. The normalized spacial score (nSPS) is 22.9. The first kappa shape index (κ1) is 15.4. The molecule has 0 aromatic carbocycles. The quantitative estimate of drug-likeness (QED) is 0.823. The summed E-state index contributed by atoms with van der Waals surface area (Å²) in [5, 5.41) is 0. The third kappa shape index (κ3) is 4.05. The Labute approximate surface area is 132 Å². The SMILES string of the molecule is O=C(CCc1cccnc1)N1CCC[C@@H]1CN1CCOCC1. The fraction of sp³-hybridized carbons (Fsp3) is 0.647. The van der Waals surface area contributed by atoms with Crippen molar-refractivity contribution >= 4 is 5.91 Å². The van der Waals surface area contributed by atoms with Gasteiger partial charge in [0, 0.05) is 51.0 Å². The summed E-state index contributed by atoms with van der Waals surface area (Å²) in [4.78, 5) is 21.2. The fourth-order valence-electron chi connectivity index (χ4n) is 3.38. The Hall–Kier alpha value is -1.46. The first-order chi connectivity index (χ1) is 10.8. The Morgan fingerprint density at radius 2 is 2.18 bits per heavy atom. The molecule has 0 unspecified atom stereocenters. The van der Waals surface area contributed by atoms with Crippen LogP contribution in [-0.2, 0) is 16.0 Å². The van der Waals surface area contributed by atoms with Gasteiger partial charge in [0.05, 0.1) is 13.2 Å². The highest BCUT2D eigenvalue weighted by atomic mass is 16.5. The lowest BCUT2D eigenvalue weighted by atomic mass is 10.1. The summed E-state index contributed by atoms with van der Waals surface area (Å²) < 4.78 is 5.40. The highest BCUT2D eigenvalue weighted by Gasteiger charge is 2.30. The summed E-state index contributed by atoms with van der Waals surface area (Å²) in [6.07, 6.45) is 7.26. The molecule has 5 nitrogen and oxygen atoms in total. The molecule has 2 aliphatic rings. The first-order valence-corrected chi connectivity index (χ1v) is 8.31. The molecule has 3 heterocycles. The zero-order valence-corrected chi connectivity index (χ0v) is 13.1. The van der Waals surface area contributed by atoms with Gasteiger partial charge in [0.25, 0.3) is 0 Å². The van der Waals surface area contributed by atoms with Crippen LogP contribution in [0.25, 0.3) is 0 Å². The van der Waals surface area contributed by atoms with Gasteiger partial charge in [-0.2, -0.15) is 0 Å². The van der Waals surface area contributed by atoms with E-state index in [-0.39, 0.29) is 0 Å². The predicted octanol–water partition coefficient (Wildman–Crippen LogP) is 1.34. The van der Waals surface area contributed by atoms with E-state index in [1.54, 1.807) is 6.20 Å². The number of aryl methyl sites for hydroxylation is 1. The fourth-order valence-corrected chi connectivity index (χ4v) is 3.38. The van der Waals surface area contributed by atoms with Gasteiger partial charge in [-0.15, -0.1) is 0 Å². The van der Waals surface area contributed by atoms with E-state index < -0.39 is 0 Å². The molecule has 0 spiro atoms. The minimum absolute atomic E-state index is 0.291. The van der Waals surface area contributed by atoms with Gasteiger partial charge < -0.3 is 9.64 Å². The third-order valence-electron chi connectivity index (χ3n) is 4.62. The molecule has 3 rings (SSSR count). The Morgan fingerprint density at radius 3 is 2.95 bits per heavy atom. The standard InChI is InChI=1S/C17H25N3O2/c21-17(6-5-15-3-1-7-18-13-15)20-8-2-4-16(20)14-19-9-11-22-12-10-19/h1,3,7,13,16H,2,4-6,8-12,14H2/t16-/m1/s1. The molecule has 1 atom stereocenters. The molecule has 1 amide bonds. The summed E-state index contributed by atoms with van der Waals surface area (Å²) in [6.45, 7) is 5.55. The molecule has 5 heteroatoms. The number of pyridine rings is 1. The number of ether oxygens (including phenoxy) is 1. The maximum absolute atomic E-state index is 12.5. The number of aromatic nitrogens is 1. The van der Waals surface area contributed by atoms with Crippen LogP contribution in [0.15, 0.2) is 24.5 Å². The van der Waals surface area contributed by atoms with Crippen molar-refractivity contribution in [2.24, 2.45) is 0 Å². The minimum atomic E-state index is 0.291. The van der Waals surface area contributed by atoms with Crippen LogP contribution < -0.4 is 0 Å². The van der Waals surface area contributed by atoms with Crippen molar-refractivity contribution in [1.29, 1.82) is 0 Å². The lowest BCUT2D eigenvalue weighted by Gasteiger charge is -2.33. The van der Waals surface area contributed by atoms with Crippen LogP contribution in [0.2, 0.25) is 0 Å². The number of carbonyl (C=O) groups excluding carboxylic acids is 1. The van der Waals surface area contributed by atoms with E-state index in [4.69, 9.17) is 4.74 Å². The van der Waals surface area contributed by atoms with Crippen molar-refractivity contribution < 1.29 is 9.53 Å². The first-order valence-electron chi connectivity index (χ1n) is 8.31. The van der Waals surface area contributed by atoms with E-state index in [2.05, 4.69) is 14.8 Å². The highest BCUT2D eigenvalue weighted by molar-refractivity contribution is 5.77. The predicted molar refractivity (Wildman–Crippen MR) is 84.6 cm³/mol. The van der Waals surface area contributed by atoms with Gasteiger partial charge in [-0.25, -0.2) is 0 Å². The Balaban J connectivity index is 1.49. The summed E-state index contributed by atoms with van der Waals surface area (Å²) >= 11 is 0. The molecule has 0 N–H and O–H groups in total. The number of hydrogen-bond donors (Lipinski definition) is 0. The summed E-state index contributed by atoms with van der Waals surface area (Å²) in [7, 11) is 0. The van der Waals surface area contributed by atoms with Gasteiger partial charge in [0.2, 0.25) is 5.91 Å². The minimum Gasteiger partial charge on any atom is -0.379 e. The van der Waals surface area contributed by atoms with Crippen molar-refractivity contribution in [3.05, 3.63) is 30.1 Å². The molecule has 1 aromatic heterocycles. The monoisotopic (exact) mass is 303 g/mol. The molecule has 2 aliphatic heterocycles. The van der Waals surface area contributed by atoms with Gasteiger partial charge in [-0.3, -0.25) is 14.7 Å². The molecule has 22 heavy (non-hydrogen) atoms. The number of amides is 1.